The lowest BCUT2D eigenvalue weighted by molar-refractivity contribution is 0.0937. The van der Waals surface area contributed by atoms with Crippen LogP contribution in [0.2, 0.25) is 0 Å². The van der Waals surface area contributed by atoms with E-state index >= 15 is 0 Å². The molecule has 0 bridgehead atoms. The van der Waals surface area contributed by atoms with E-state index in [2.05, 4.69) is 10.3 Å². The van der Waals surface area contributed by atoms with Gasteiger partial charge in [0, 0.05) is 23.5 Å². The number of nitrogens with one attached hydrogen (secondary N) is 2. The Balaban J connectivity index is 2.27. The highest BCUT2D eigenvalue weighted by Crippen LogP contribution is 2.20. The van der Waals surface area contributed by atoms with Gasteiger partial charge in [0.1, 0.15) is 11.4 Å². The minimum Gasteiger partial charge on any atom is -0.508 e. The summed E-state index contributed by atoms with van der Waals surface area (Å²) in [4.78, 5) is 14.8. The Morgan fingerprint density at radius 1 is 1.53 bits per heavy atom. The van der Waals surface area contributed by atoms with Gasteiger partial charge in [-0.25, -0.2) is 0 Å². The second kappa shape index (κ2) is 4.47. The standard InChI is InChI=1S/C12H15N3O2/c1-7(6-13)14-12(17)11-5-8-4-9(16)2-3-10(8)15-11/h2-5,7,15-16H,6,13H2,1H3,(H,14,17). The highest BCUT2D eigenvalue weighted by molar-refractivity contribution is 5.98. The van der Waals surface area contributed by atoms with Gasteiger partial charge in [0.05, 0.1) is 0 Å². The summed E-state index contributed by atoms with van der Waals surface area (Å²) in [5.74, 6) is -0.0163. The van der Waals surface area contributed by atoms with Crippen LogP contribution in [0.3, 0.4) is 0 Å². The summed E-state index contributed by atoms with van der Waals surface area (Å²) in [5, 5.41) is 12.9. The minimum absolute atomic E-state index is 0.0673. The number of fused-ring (bicyclic) bond motifs is 1. The van der Waals surface area contributed by atoms with Gasteiger partial charge in [-0.15, -0.1) is 0 Å². The fraction of sp³-hybridized carbons (Fsp3) is 0.250. The summed E-state index contributed by atoms with van der Waals surface area (Å²) in [6.07, 6.45) is 0. The molecule has 90 valence electrons. The molecule has 0 aliphatic heterocycles. The average molecular weight is 233 g/mol. The van der Waals surface area contributed by atoms with Crippen LogP contribution in [0.5, 0.6) is 5.75 Å². The van der Waals surface area contributed by atoms with Crippen molar-refractivity contribution in [3.05, 3.63) is 30.0 Å². The third-order valence-corrected chi connectivity index (χ3v) is 2.58. The molecule has 17 heavy (non-hydrogen) atoms. The van der Waals surface area contributed by atoms with E-state index in [4.69, 9.17) is 5.73 Å². The van der Waals surface area contributed by atoms with Gasteiger partial charge in [-0.1, -0.05) is 0 Å². The molecule has 1 heterocycles. The molecule has 1 atom stereocenters. The monoisotopic (exact) mass is 233 g/mol. The van der Waals surface area contributed by atoms with Crippen LogP contribution in [0, 0.1) is 0 Å². The lowest BCUT2D eigenvalue weighted by Gasteiger charge is -2.09. The number of aromatic amines is 1. The Hall–Kier alpha value is -2.01. The molecule has 0 radical (unpaired) electrons. The lowest BCUT2D eigenvalue weighted by atomic mass is 10.2. The minimum atomic E-state index is -0.196. The molecule has 0 saturated heterocycles. The number of phenolic OH excluding ortho intramolecular Hbond substituents is 1. The number of aromatic nitrogens is 1. The number of benzene rings is 1. The van der Waals surface area contributed by atoms with Crippen molar-refractivity contribution in [2.45, 2.75) is 13.0 Å². The van der Waals surface area contributed by atoms with E-state index in [0.29, 0.717) is 12.2 Å². The Morgan fingerprint density at radius 2 is 2.29 bits per heavy atom. The number of aromatic hydroxyl groups is 1. The topological polar surface area (TPSA) is 91.1 Å². The predicted octanol–water partition coefficient (Wildman–Crippen LogP) is 0.950. The first-order valence-corrected chi connectivity index (χ1v) is 5.43. The van der Waals surface area contributed by atoms with E-state index in [1.807, 2.05) is 6.92 Å². The molecule has 1 unspecified atom stereocenters. The number of carbonyl (C=O) groups excluding carboxylic acids is 1. The quantitative estimate of drug-likeness (QED) is 0.636. The first kappa shape index (κ1) is 11.5. The lowest BCUT2D eigenvalue weighted by Crippen LogP contribution is -2.37. The maximum absolute atomic E-state index is 11.8. The van der Waals surface area contributed by atoms with E-state index in [1.165, 1.54) is 0 Å². The molecule has 1 aromatic carbocycles. The molecular formula is C12H15N3O2. The van der Waals surface area contributed by atoms with Crippen LogP contribution in [0.1, 0.15) is 17.4 Å². The Morgan fingerprint density at radius 3 is 3.00 bits per heavy atom. The van der Waals surface area contributed by atoms with Crippen LogP contribution >= 0.6 is 0 Å². The first-order chi connectivity index (χ1) is 8.10. The fourth-order valence-electron chi connectivity index (χ4n) is 1.60. The van der Waals surface area contributed by atoms with Crippen LogP contribution in [0.25, 0.3) is 10.9 Å². The maximum Gasteiger partial charge on any atom is 0.267 e. The largest absolute Gasteiger partial charge is 0.508 e. The molecular weight excluding hydrogens is 218 g/mol. The van der Waals surface area contributed by atoms with Crippen molar-refractivity contribution < 1.29 is 9.90 Å². The SMILES string of the molecule is CC(CN)NC(=O)c1cc2cc(O)ccc2[nH]1. The smallest absolute Gasteiger partial charge is 0.267 e. The normalized spacial score (nSPS) is 12.6. The Bertz CT molecular complexity index is 548. The number of amides is 1. The summed E-state index contributed by atoms with van der Waals surface area (Å²) in [6, 6.07) is 6.54. The van der Waals surface area contributed by atoms with E-state index < -0.39 is 0 Å². The van der Waals surface area contributed by atoms with Gasteiger partial charge >= 0.3 is 0 Å². The molecule has 5 heteroatoms. The molecule has 0 saturated carbocycles. The number of H-pyrrole nitrogens is 1. The summed E-state index contributed by atoms with van der Waals surface area (Å²) >= 11 is 0. The molecule has 0 aliphatic carbocycles. The van der Waals surface area contributed by atoms with E-state index in [1.54, 1.807) is 24.3 Å². The highest BCUT2D eigenvalue weighted by Gasteiger charge is 2.11. The number of hydrogen-bond acceptors (Lipinski definition) is 3. The van der Waals surface area contributed by atoms with Gasteiger partial charge in [-0.05, 0) is 31.2 Å². The average Bonchev–Trinajstić information content (AvgIpc) is 2.71. The third kappa shape index (κ3) is 2.39. The fourth-order valence-corrected chi connectivity index (χ4v) is 1.60. The molecule has 5 N–H and O–H groups in total. The predicted molar refractivity (Wildman–Crippen MR) is 65.9 cm³/mol. The molecule has 2 rings (SSSR count). The Kier molecular flexibility index (Phi) is 3.01. The number of nitrogens with two attached hydrogens (primary N) is 1. The van der Waals surface area contributed by atoms with Crippen LogP contribution in [0.4, 0.5) is 0 Å². The van der Waals surface area contributed by atoms with Crippen molar-refractivity contribution in [3.63, 3.8) is 0 Å². The molecule has 2 aromatic rings. The summed E-state index contributed by atoms with van der Waals surface area (Å²) in [7, 11) is 0. The van der Waals surface area contributed by atoms with Gasteiger partial charge in [-0.3, -0.25) is 4.79 Å². The van der Waals surface area contributed by atoms with E-state index in [9.17, 15) is 9.90 Å². The zero-order chi connectivity index (χ0) is 12.4. The van der Waals surface area contributed by atoms with E-state index in [-0.39, 0.29) is 17.7 Å². The van der Waals surface area contributed by atoms with Crippen molar-refractivity contribution in [2.75, 3.05) is 6.54 Å². The third-order valence-electron chi connectivity index (χ3n) is 2.58. The van der Waals surface area contributed by atoms with E-state index in [0.717, 1.165) is 10.9 Å². The molecule has 0 spiro atoms. The van der Waals surface area contributed by atoms with Gasteiger partial charge in [0.2, 0.25) is 0 Å². The summed E-state index contributed by atoms with van der Waals surface area (Å²) in [6.45, 7) is 2.24. The van der Waals surface area contributed by atoms with Gasteiger partial charge < -0.3 is 21.1 Å². The van der Waals surface area contributed by atoms with Crippen LogP contribution in [-0.4, -0.2) is 28.6 Å². The highest BCUT2D eigenvalue weighted by atomic mass is 16.3. The van der Waals surface area contributed by atoms with Gasteiger partial charge in [0.25, 0.3) is 5.91 Å². The zero-order valence-electron chi connectivity index (χ0n) is 9.53. The van der Waals surface area contributed by atoms with Crippen LogP contribution in [-0.2, 0) is 0 Å². The maximum atomic E-state index is 11.8. The molecule has 5 nitrogen and oxygen atoms in total. The molecule has 0 fully saturated rings. The van der Waals surface area contributed by atoms with Crippen molar-refractivity contribution in [1.82, 2.24) is 10.3 Å². The number of carbonyl (C=O) groups is 1. The molecule has 0 aliphatic rings. The Labute approximate surface area is 98.6 Å². The first-order valence-electron chi connectivity index (χ1n) is 5.43. The van der Waals surface area contributed by atoms with Gasteiger partial charge in [-0.2, -0.15) is 0 Å². The number of rotatable bonds is 3. The van der Waals surface area contributed by atoms with Crippen molar-refractivity contribution in [3.8, 4) is 5.75 Å². The van der Waals surface area contributed by atoms with Crippen molar-refractivity contribution in [1.29, 1.82) is 0 Å². The molecule has 1 aromatic heterocycles. The van der Waals surface area contributed by atoms with Gasteiger partial charge in [0.15, 0.2) is 0 Å². The zero-order valence-corrected chi connectivity index (χ0v) is 9.53. The number of phenols is 1. The summed E-state index contributed by atoms with van der Waals surface area (Å²) in [5.41, 5.74) is 6.71. The van der Waals surface area contributed by atoms with Crippen LogP contribution < -0.4 is 11.1 Å². The van der Waals surface area contributed by atoms with Crippen LogP contribution in [0.15, 0.2) is 24.3 Å². The molecule has 1 amide bonds. The second-order valence-corrected chi connectivity index (χ2v) is 4.06. The summed E-state index contributed by atoms with van der Waals surface area (Å²) < 4.78 is 0. The van der Waals surface area contributed by atoms with Crippen molar-refractivity contribution >= 4 is 16.8 Å². The number of hydrogen-bond donors (Lipinski definition) is 4. The second-order valence-electron chi connectivity index (χ2n) is 4.06. The van der Waals surface area contributed by atoms with Crippen molar-refractivity contribution in [2.24, 2.45) is 5.73 Å².